The van der Waals surface area contributed by atoms with E-state index in [-0.39, 0.29) is 93.4 Å². The van der Waals surface area contributed by atoms with E-state index in [1.54, 1.807) is 38.1 Å². The van der Waals surface area contributed by atoms with E-state index in [0.29, 0.717) is 22.3 Å². The monoisotopic (exact) mass is 1040 g/mol. The topological polar surface area (TPSA) is 411 Å². The van der Waals surface area contributed by atoms with Crippen molar-refractivity contribution in [1.82, 2.24) is 37.2 Å². The zero-order valence-corrected chi connectivity index (χ0v) is 42.2. The fourth-order valence-corrected chi connectivity index (χ4v) is 6.97. The van der Waals surface area contributed by atoms with Crippen molar-refractivity contribution >= 4 is 81.3 Å². The number of guanidine groups is 2. The Bertz CT molecular complexity index is 2770. The van der Waals surface area contributed by atoms with Gasteiger partial charge in [-0.05, 0) is 105 Å². The molecule has 16 N–H and O–H groups in total. The maximum absolute atomic E-state index is 14.0. The highest BCUT2D eigenvalue weighted by molar-refractivity contribution is 6.00. The summed E-state index contributed by atoms with van der Waals surface area (Å²) in [5.74, 6) is -5.77. The third-order valence-corrected chi connectivity index (χ3v) is 10.8. The number of azo groups is 1. The number of anilines is 1. The van der Waals surface area contributed by atoms with Crippen molar-refractivity contribution in [2.24, 2.45) is 49.1 Å². The number of carbonyl (C=O) groups is 7. The first-order chi connectivity index (χ1) is 35.7. The summed E-state index contributed by atoms with van der Waals surface area (Å²) in [5, 5.41) is 36.5. The zero-order chi connectivity index (χ0) is 55.0. The van der Waals surface area contributed by atoms with E-state index in [0.717, 1.165) is 5.69 Å². The summed E-state index contributed by atoms with van der Waals surface area (Å²) in [7, 11) is 3.88. The number of hydrogen-bond donors (Lipinski definition) is 12. The lowest BCUT2D eigenvalue weighted by molar-refractivity contribution is -0.133. The second-order valence-electron chi connectivity index (χ2n) is 17.6. The van der Waals surface area contributed by atoms with Crippen molar-refractivity contribution < 1.29 is 43.1 Å². The van der Waals surface area contributed by atoms with Crippen LogP contribution >= 0.6 is 0 Å². The van der Waals surface area contributed by atoms with Gasteiger partial charge in [0, 0.05) is 63.0 Å². The van der Waals surface area contributed by atoms with Gasteiger partial charge in [-0.25, -0.2) is 4.79 Å². The molecule has 26 nitrogen and oxygen atoms in total. The average molecular weight is 1040 g/mol. The molecule has 0 radical (unpaired) electrons. The van der Waals surface area contributed by atoms with Crippen molar-refractivity contribution in [3.63, 3.8) is 0 Å². The van der Waals surface area contributed by atoms with Crippen molar-refractivity contribution in [3.05, 3.63) is 94.3 Å². The van der Waals surface area contributed by atoms with Crippen LogP contribution < -0.4 is 70.7 Å². The van der Waals surface area contributed by atoms with Crippen LogP contribution in [0.5, 0.6) is 5.75 Å². The van der Waals surface area contributed by atoms with Crippen molar-refractivity contribution in [2.75, 3.05) is 58.3 Å². The lowest BCUT2D eigenvalue weighted by Crippen LogP contribution is -2.57. The van der Waals surface area contributed by atoms with Crippen LogP contribution in [0.15, 0.2) is 102 Å². The minimum absolute atomic E-state index is 0.0148. The molecule has 3 aromatic carbocycles. The summed E-state index contributed by atoms with van der Waals surface area (Å²) in [4.78, 5) is 115. The SMILES string of the molecule is CC(C)C[C@H](NC(=O)[C@H](CCCN=C(N)N)NC(=O)c1cc2ccc(O)cc2oc1=O)C(=O)N[C@@H](CCCN=C(N)N)C(=O)NCC(=O)NCC(=O)NCCNC(=O)c1ccc(N=Nc2ccc(N(C)C)cc2)cc1. The minimum atomic E-state index is -1.33. The number of aromatic hydroxyl groups is 1. The molecule has 402 valence electrons. The van der Waals surface area contributed by atoms with Gasteiger partial charge in [0.25, 0.3) is 11.8 Å². The summed E-state index contributed by atoms with van der Waals surface area (Å²) < 4.78 is 5.23. The summed E-state index contributed by atoms with van der Waals surface area (Å²) in [6, 6.07) is 15.4. The molecule has 7 amide bonds. The highest BCUT2D eigenvalue weighted by atomic mass is 16.4. The molecule has 1 aromatic heterocycles. The Morgan fingerprint density at radius 2 is 1.16 bits per heavy atom. The normalized spacial score (nSPS) is 12.1. The third-order valence-electron chi connectivity index (χ3n) is 10.8. The van der Waals surface area contributed by atoms with Gasteiger partial charge < -0.3 is 74.6 Å². The number of benzene rings is 3. The number of carbonyl (C=O) groups excluding carboxylic acids is 7. The predicted molar refractivity (Wildman–Crippen MR) is 281 cm³/mol. The fraction of sp³-hybridized carbons (Fsp3) is 0.388. The molecule has 0 spiro atoms. The number of phenols is 1. The van der Waals surface area contributed by atoms with Crippen LogP contribution in [0.2, 0.25) is 0 Å². The molecule has 75 heavy (non-hydrogen) atoms. The largest absolute Gasteiger partial charge is 0.508 e. The van der Waals surface area contributed by atoms with Gasteiger partial charge in [0.1, 0.15) is 35.0 Å². The highest BCUT2D eigenvalue weighted by Crippen LogP contribution is 2.22. The molecule has 4 rings (SSSR count). The van der Waals surface area contributed by atoms with E-state index >= 15 is 0 Å². The van der Waals surface area contributed by atoms with E-state index in [1.807, 2.05) is 43.3 Å². The van der Waals surface area contributed by atoms with E-state index in [1.165, 1.54) is 24.3 Å². The van der Waals surface area contributed by atoms with Crippen LogP contribution in [0.1, 0.15) is 66.7 Å². The van der Waals surface area contributed by atoms with Crippen LogP contribution in [0.25, 0.3) is 11.0 Å². The number of amides is 7. The highest BCUT2D eigenvalue weighted by Gasteiger charge is 2.31. The van der Waals surface area contributed by atoms with Gasteiger partial charge in [-0.1, -0.05) is 13.8 Å². The van der Waals surface area contributed by atoms with Crippen LogP contribution in [0, 0.1) is 5.92 Å². The van der Waals surface area contributed by atoms with Gasteiger partial charge in [0.15, 0.2) is 11.9 Å². The van der Waals surface area contributed by atoms with Crippen LogP contribution in [-0.4, -0.2) is 130 Å². The molecule has 0 aliphatic rings. The number of rotatable bonds is 28. The van der Waals surface area contributed by atoms with Crippen LogP contribution in [0.4, 0.5) is 17.1 Å². The van der Waals surface area contributed by atoms with E-state index < -0.39 is 77.8 Å². The first-order valence-corrected chi connectivity index (χ1v) is 23.9. The van der Waals surface area contributed by atoms with Crippen molar-refractivity contribution in [3.8, 4) is 5.75 Å². The van der Waals surface area contributed by atoms with E-state index in [9.17, 15) is 43.5 Å². The molecule has 0 unspecified atom stereocenters. The van der Waals surface area contributed by atoms with Gasteiger partial charge in [-0.3, -0.25) is 43.5 Å². The van der Waals surface area contributed by atoms with Gasteiger partial charge in [-0.2, -0.15) is 10.2 Å². The molecule has 3 atom stereocenters. The van der Waals surface area contributed by atoms with Gasteiger partial charge in [0.05, 0.1) is 24.5 Å². The quantitative estimate of drug-likeness (QED) is 0.0117. The number of nitrogens with two attached hydrogens (primary N) is 4. The van der Waals surface area contributed by atoms with Gasteiger partial charge in [0.2, 0.25) is 29.5 Å². The Morgan fingerprint density at radius 1 is 0.627 bits per heavy atom. The molecule has 0 fully saturated rings. The summed E-state index contributed by atoms with van der Waals surface area (Å²) in [6.07, 6.45) is 0.391. The predicted octanol–water partition coefficient (Wildman–Crippen LogP) is -0.0201. The number of hydrogen-bond acceptors (Lipinski definition) is 15. The summed E-state index contributed by atoms with van der Waals surface area (Å²) in [6.45, 7) is 2.82. The second kappa shape index (κ2) is 29.4. The molecule has 26 heteroatoms. The minimum Gasteiger partial charge on any atom is -0.508 e. The smallest absolute Gasteiger partial charge is 0.349 e. The Hall–Kier alpha value is -9.10. The molecule has 0 aliphatic heterocycles. The Kier molecular flexibility index (Phi) is 22.9. The number of phenolic OH excluding ortho intramolecular Hbond substituents is 1. The molecule has 0 saturated carbocycles. The average Bonchev–Trinajstić information content (AvgIpc) is 3.36. The van der Waals surface area contributed by atoms with Crippen molar-refractivity contribution in [1.29, 1.82) is 0 Å². The molecule has 4 aromatic rings. The molecule has 0 aliphatic carbocycles. The molecule has 0 saturated heterocycles. The van der Waals surface area contributed by atoms with Crippen LogP contribution in [-0.2, 0) is 24.0 Å². The first kappa shape index (κ1) is 58.5. The number of nitrogens with zero attached hydrogens (tertiary/aromatic N) is 5. The second-order valence-corrected chi connectivity index (χ2v) is 17.6. The number of fused-ring (bicyclic) bond motifs is 1. The van der Waals surface area contributed by atoms with Crippen LogP contribution in [0.3, 0.4) is 0 Å². The zero-order valence-electron chi connectivity index (χ0n) is 42.2. The molecular weight excluding hydrogens is 973 g/mol. The summed E-state index contributed by atoms with van der Waals surface area (Å²) in [5.41, 5.74) is 23.0. The Labute approximate surface area is 432 Å². The molecular formula is C49H66N16O10. The number of nitrogens with one attached hydrogen (secondary N) is 7. The Morgan fingerprint density at radius 3 is 1.75 bits per heavy atom. The maximum Gasteiger partial charge on any atom is 0.349 e. The third kappa shape index (κ3) is 20.5. The Balaban J connectivity index is 1.30. The standard InChI is InChI=1S/C49H66N16O10/c1-28(2)23-38(62-45(72)37(8-6-20-57-49(52)53)60-43(70)35-24-30-11-18-34(66)25-39(30)75-47(35)74)46(73)61-36(7-5-19-56-48(50)51)44(71)59-27-41(68)58-26-40(67)54-21-22-55-42(69)29-9-12-31(13-10-29)63-64-32-14-16-33(17-15-32)65(3)4/h9-18,24-25,28,36-38,66H,5-8,19-23,26-27H2,1-4H3,(H,54,67)(H,55,69)(H,58,68)(H,59,71)(H,60,70)(H,61,73)(H,62,72)(H4,50,51,56)(H4,52,53,57)/t36-,37-,38-/m0/s1. The first-order valence-electron chi connectivity index (χ1n) is 23.9. The molecule has 1 heterocycles. The maximum atomic E-state index is 14.0. The van der Waals surface area contributed by atoms with Gasteiger partial charge >= 0.3 is 5.63 Å². The molecule has 0 bridgehead atoms. The van der Waals surface area contributed by atoms with E-state index in [4.69, 9.17) is 27.4 Å². The number of aliphatic imine (C=N–C) groups is 2. The van der Waals surface area contributed by atoms with Gasteiger partial charge in [-0.15, -0.1) is 0 Å². The van der Waals surface area contributed by atoms with Crippen molar-refractivity contribution in [2.45, 2.75) is 64.1 Å². The summed E-state index contributed by atoms with van der Waals surface area (Å²) >= 11 is 0. The fourth-order valence-electron chi connectivity index (χ4n) is 6.97. The lowest BCUT2D eigenvalue weighted by atomic mass is 10.0. The lowest BCUT2D eigenvalue weighted by Gasteiger charge is -2.26. The van der Waals surface area contributed by atoms with E-state index in [2.05, 4.69) is 57.4 Å².